The summed E-state index contributed by atoms with van der Waals surface area (Å²) in [6, 6.07) is 0. The number of carbonyl (C=O) groups is 2. The van der Waals surface area contributed by atoms with Gasteiger partial charge in [-0.3, -0.25) is 0 Å². The maximum absolute atomic E-state index is 10.7. The number of epoxide rings is 4. The third-order valence-corrected chi connectivity index (χ3v) is 3.70. The third-order valence-electron chi connectivity index (χ3n) is 3.70. The van der Waals surface area contributed by atoms with Gasteiger partial charge in [-0.1, -0.05) is 25.3 Å². The first-order valence-electron chi connectivity index (χ1n) is 10.3. The molecule has 9 nitrogen and oxygen atoms in total. The van der Waals surface area contributed by atoms with Crippen LogP contribution in [0.2, 0.25) is 0 Å². The van der Waals surface area contributed by atoms with Gasteiger partial charge in [0.05, 0.1) is 45.7 Å². The quantitative estimate of drug-likeness (QED) is 0.152. The van der Waals surface area contributed by atoms with Gasteiger partial charge in [-0.05, 0) is 6.92 Å². The number of hydrogen-bond acceptors (Lipinski definition) is 9. The summed E-state index contributed by atoms with van der Waals surface area (Å²) >= 11 is 0. The average molecular weight is 455 g/mol. The van der Waals surface area contributed by atoms with Crippen molar-refractivity contribution in [3.05, 3.63) is 50.1 Å². The summed E-state index contributed by atoms with van der Waals surface area (Å²) < 4.78 is 33.7. The number of esters is 2. The summed E-state index contributed by atoms with van der Waals surface area (Å²) in [6.45, 7) is 20.6. The van der Waals surface area contributed by atoms with E-state index in [1.54, 1.807) is 19.1 Å². The molecule has 0 aliphatic carbocycles. The fourth-order valence-corrected chi connectivity index (χ4v) is 1.49. The molecule has 4 unspecified atom stereocenters. The van der Waals surface area contributed by atoms with Crippen molar-refractivity contribution in [1.29, 1.82) is 0 Å². The Morgan fingerprint density at radius 1 is 0.875 bits per heavy atom. The van der Waals surface area contributed by atoms with E-state index in [1.165, 1.54) is 0 Å². The zero-order chi connectivity index (χ0) is 23.8. The fourth-order valence-electron chi connectivity index (χ4n) is 1.49. The van der Waals surface area contributed by atoms with Gasteiger partial charge in [-0.2, -0.15) is 0 Å². The van der Waals surface area contributed by atoms with Gasteiger partial charge in [-0.15, -0.1) is 13.2 Å². The topological polar surface area (TPSA) is 112 Å². The van der Waals surface area contributed by atoms with Crippen molar-refractivity contribution < 1.29 is 42.7 Å². The van der Waals surface area contributed by atoms with E-state index in [-0.39, 0.29) is 24.1 Å². The smallest absolute Gasteiger partial charge is 0.333 e. The molecular weight excluding hydrogens is 420 g/mol. The van der Waals surface area contributed by atoms with Crippen molar-refractivity contribution in [2.24, 2.45) is 0 Å². The predicted octanol–water partition coefficient (Wildman–Crippen LogP) is 1.78. The minimum Gasteiger partial charge on any atom is -0.460 e. The molecule has 9 heteroatoms. The molecule has 0 spiro atoms. The van der Waals surface area contributed by atoms with Crippen LogP contribution >= 0.6 is 0 Å². The van der Waals surface area contributed by atoms with Crippen LogP contribution in [0.1, 0.15) is 6.92 Å². The maximum atomic E-state index is 10.7. The zero-order valence-corrected chi connectivity index (χ0v) is 18.7. The van der Waals surface area contributed by atoms with Crippen LogP contribution in [0, 0.1) is 0 Å². The Morgan fingerprint density at radius 3 is 1.72 bits per heavy atom. The summed E-state index contributed by atoms with van der Waals surface area (Å²) in [5, 5.41) is 0. The highest BCUT2D eigenvalue weighted by molar-refractivity contribution is 5.86. The van der Waals surface area contributed by atoms with E-state index in [4.69, 9.17) is 28.4 Å². The lowest BCUT2D eigenvalue weighted by Gasteiger charge is -1.99. The van der Waals surface area contributed by atoms with Crippen molar-refractivity contribution in [1.82, 2.24) is 0 Å². The first-order chi connectivity index (χ1) is 15.4. The van der Waals surface area contributed by atoms with E-state index in [9.17, 15) is 9.59 Å². The Balaban J connectivity index is 0.000000218. The highest BCUT2D eigenvalue weighted by atomic mass is 16.6. The second kappa shape index (κ2) is 16.3. The Labute approximate surface area is 189 Å². The van der Waals surface area contributed by atoms with Crippen LogP contribution in [-0.2, 0) is 42.7 Å². The SMILES string of the molecule is C=C(C)C(=O)OCC1CO1.C=CC(=O)OCC1CO1.C=CC1CO1.C=CCOCC1CO1. The van der Waals surface area contributed by atoms with Gasteiger partial charge in [0.2, 0.25) is 0 Å². The summed E-state index contributed by atoms with van der Waals surface area (Å²) in [6.07, 6.45) is 5.76. The second-order valence-electron chi connectivity index (χ2n) is 7.01. The highest BCUT2D eigenvalue weighted by Gasteiger charge is 2.24. The first-order valence-corrected chi connectivity index (χ1v) is 10.3. The van der Waals surface area contributed by atoms with Gasteiger partial charge in [0.25, 0.3) is 0 Å². The number of hydrogen-bond donors (Lipinski definition) is 0. The minimum atomic E-state index is -0.384. The molecule has 0 aromatic rings. The molecule has 0 bridgehead atoms. The van der Waals surface area contributed by atoms with Crippen LogP contribution in [-0.4, -0.2) is 89.2 Å². The van der Waals surface area contributed by atoms with Crippen molar-refractivity contribution in [2.45, 2.75) is 31.3 Å². The Bertz CT molecular complexity index is 615. The monoisotopic (exact) mass is 454 g/mol. The molecule has 4 rings (SSSR count). The standard InChI is InChI=1S/C7H10O3.C6H8O3.C6H10O2.C4H6O/c1-5(2)7(8)10-4-6-3-9-6;1-2-6(7)9-4-5-3-8-5;1-2-3-7-4-6-5-8-6;1-2-4-3-5-4/h6H,1,3-4H2,2H3;2,5H,1,3-4H2;2,6H,1,3-5H2;2,4H,1,3H2. The normalized spacial score (nSPS) is 24.8. The molecule has 32 heavy (non-hydrogen) atoms. The van der Waals surface area contributed by atoms with E-state index in [2.05, 4.69) is 31.1 Å². The lowest BCUT2D eigenvalue weighted by molar-refractivity contribution is -0.139. The molecule has 4 atom stereocenters. The zero-order valence-electron chi connectivity index (χ0n) is 18.7. The minimum absolute atomic E-state index is 0.142. The molecule has 0 saturated carbocycles. The summed E-state index contributed by atoms with van der Waals surface area (Å²) in [7, 11) is 0. The van der Waals surface area contributed by atoms with Crippen molar-refractivity contribution >= 4 is 11.9 Å². The first kappa shape index (κ1) is 27.7. The van der Waals surface area contributed by atoms with E-state index in [0.717, 1.165) is 25.9 Å². The van der Waals surface area contributed by atoms with Gasteiger partial charge >= 0.3 is 11.9 Å². The molecule has 4 aliphatic rings. The van der Waals surface area contributed by atoms with Gasteiger partial charge in [-0.25, -0.2) is 9.59 Å². The highest BCUT2D eigenvalue weighted by Crippen LogP contribution is 2.10. The predicted molar refractivity (Wildman–Crippen MR) is 117 cm³/mol. The van der Waals surface area contributed by atoms with Gasteiger partial charge in [0, 0.05) is 11.6 Å². The lowest BCUT2D eigenvalue weighted by Crippen LogP contribution is -2.09. The molecular formula is C23H34O9. The van der Waals surface area contributed by atoms with Crippen LogP contribution in [0.3, 0.4) is 0 Å². The van der Waals surface area contributed by atoms with Gasteiger partial charge in [0.1, 0.15) is 31.5 Å². The third kappa shape index (κ3) is 18.5. The summed E-state index contributed by atoms with van der Waals surface area (Å²) in [4.78, 5) is 21.0. The molecule has 4 aliphatic heterocycles. The van der Waals surface area contributed by atoms with Crippen LogP contribution in [0.15, 0.2) is 50.1 Å². The van der Waals surface area contributed by atoms with Crippen molar-refractivity contribution in [2.75, 3.05) is 52.9 Å². The van der Waals surface area contributed by atoms with Crippen molar-refractivity contribution in [3.8, 4) is 0 Å². The number of rotatable bonds is 11. The molecule has 0 amide bonds. The molecule has 0 aromatic carbocycles. The Hall–Kier alpha value is -2.30. The van der Waals surface area contributed by atoms with Crippen LogP contribution in [0.25, 0.3) is 0 Å². The van der Waals surface area contributed by atoms with E-state index < -0.39 is 0 Å². The molecule has 0 aromatic heterocycles. The maximum Gasteiger partial charge on any atom is 0.333 e. The second-order valence-corrected chi connectivity index (χ2v) is 7.01. The fraction of sp³-hybridized carbons (Fsp3) is 0.565. The Kier molecular flexibility index (Phi) is 14.2. The molecule has 0 radical (unpaired) electrons. The molecule has 4 fully saturated rings. The summed E-state index contributed by atoms with van der Waals surface area (Å²) in [5.74, 6) is -0.721. The molecule has 4 saturated heterocycles. The lowest BCUT2D eigenvalue weighted by atomic mass is 10.4. The molecule has 0 N–H and O–H groups in total. The van der Waals surface area contributed by atoms with Crippen LogP contribution < -0.4 is 0 Å². The van der Waals surface area contributed by atoms with E-state index in [0.29, 0.717) is 50.8 Å². The van der Waals surface area contributed by atoms with E-state index in [1.807, 2.05) is 0 Å². The Morgan fingerprint density at radius 2 is 1.38 bits per heavy atom. The molecule has 180 valence electrons. The van der Waals surface area contributed by atoms with E-state index >= 15 is 0 Å². The average Bonchev–Trinajstić information content (AvgIpc) is 3.61. The van der Waals surface area contributed by atoms with Crippen LogP contribution in [0.4, 0.5) is 0 Å². The van der Waals surface area contributed by atoms with Gasteiger partial charge in [0.15, 0.2) is 0 Å². The number of ether oxygens (including phenoxy) is 7. The summed E-state index contributed by atoms with van der Waals surface area (Å²) in [5.41, 5.74) is 0.431. The van der Waals surface area contributed by atoms with Crippen molar-refractivity contribution in [3.63, 3.8) is 0 Å². The molecule has 4 heterocycles. The van der Waals surface area contributed by atoms with Crippen LogP contribution in [0.5, 0.6) is 0 Å². The largest absolute Gasteiger partial charge is 0.460 e. The van der Waals surface area contributed by atoms with Gasteiger partial charge < -0.3 is 33.2 Å². The number of carbonyl (C=O) groups excluding carboxylic acids is 2.